The second-order valence-corrected chi connectivity index (χ2v) is 3.64. The minimum Gasteiger partial charge on any atom is -0.390 e. The first-order valence-corrected chi connectivity index (χ1v) is 3.98. The first kappa shape index (κ1) is 7.80. The Kier molecular flexibility index (Phi) is 2.14. The number of rotatable bonds is 1. The molecule has 0 fully saturated rings. The van der Waals surface area contributed by atoms with Gasteiger partial charge in [0.15, 0.2) is 0 Å². The van der Waals surface area contributed by atoms with Crippen LogP contribution in [0.2, 0.25) is 0 Å². The summed E-state index contributed by atoms with van der Waals surface area (Å²) in [4.78, 5) is 0. The highest BCUT2D eigenvalue weighted by Gasteiger charge is 2.25. The fraction of sp³-hybridized carbons (Fsp3) is 0.778. The number of hydrogen-bond acceptors (Lipinski definition) is 1. The Morgan fingerprint density at radius 2 is 2.10 bits per heavy atom. The molecule has 58 valence electrons. The summed E-state index contributed by atoms with van der Waals surface area (Å²) in [5.41, 5.74) is -0.481. The largest absolute Gasteiger partial charge is 0.390 e. The molecular weight excluding hydrogens is 124 g/mol. The topological polar surface area (TPSA) is 20.2 Å². The van der Waals surface area contributed by atoms with Gasteiger partial charge in [-0.1, -0.05) is 12.2 Å². The Morgan fingerprint density at radius 3 is 2.40 bits per heavy atom. The van der Waals surface area contributed by atoms with Crippen molar-refractivity contribution in [3.05, 3.63) is 12.2 Å². The number of hydrogen-bond donors (Lipinski definition) is 1. The predicted octanol–water partition coefficient (Wildman–Crippen LogP) is 2.11. The molecule has 0 aromatic heterocycles. The highest BCUT2D eigenvalue weighted by Crippen LogP contribution is 2.28. The fourth-order valence-corrected chi connectivity index (χ4v) is 1.44. The van der Waals surface area contributed by atoms with Crippen LogP contribution >= 0.6 is 0 Å². The van der Waals surface area contributed by atoms with Crippen LogP contribution in [-0.4, -0.2) is 10.7 Å². The number of allylic oxidation sites excluding steroid dienone is 2. The van der Waals surface area contributed by atoms with E-state index in [4.69, 9.17) is 0 Å². The molecule has 1 unspecified atom stereocenters. The van der Waals surface area contributed by atoms with Gasteiger partial charge in [-0.2, -0.15) is 0 Å². The number of aliphatic hydroxyl groups is 1. The van der Waals surface area contributed by atoms with Crippen molar-refractivity contribution < 1.29 is 5.11 Å². The van der Waals surface area contributed by atoms with Crippen molar-refractivity contribution in [3.63, 3.8) is 0 Å². The highest BCUT2D eigenvalue weighted by molar-refractivity contribution is 4.94. The average Bonchev–Trinajstić information content (AvgIpc) is 1.88. The van der Waals surface area contributed by atoms with Crippen molar-refractivity contribution in [1.29, 1.82) is 0 Å². The maximum absolute atomic E-state index is 9.61. The van der Waals surface area contributed by atoms with Gasteiger partial charge in [-0.3, -0.25) is 0 Å². The molecule has 0 saturated carbocycles. The van der Waals surface area contributed by atoms with Crippen LogP contribution in [0.15, 0.2) is 12.2 Å². The molecule has 10 heavy (non-hydrogen) atoms. The van der Waals surface area contributed by atoms with Crippen LogP contribution in [0.5, 0.6) is 0 Å². The Balaban J connectivity index is 2.49. The monoisotopic (exact) mass is 140 g/mol. The zero-order valence-corrected chi connectivity index (χ0v) is 6.80. The van der Waals surface area contributed by atoms with E-state index in [0.29, 0.717) is 5.92 Å². The van der Waals surface area contributed by atoms with Gasteiger partial charge in [0.1, 0.15) is 0 Å². The molecule has 1 rings (SSSR count). The minimum atomic E-state index is -0.481. The normalized spacial score (nSPS) is 26.9. The molecule has 0 saturated heterocycles. The van der Waals surface area contributed by atoms with E-state index in [1.807, 2.05) is 13.8 Å². The van der Waals surface area contributed by atoms with Gasteiger partial charge in [-0.25, -0.2) is 0 Å². The van der Waals surface area contributed by atoms with Gasteiger partial charge >= 0.3 is 0 Å². The lowest BCUT2D eigenvalue weighted by Gasteiger charge is -2.29. The van der Waals surface area contributed by atoms with Crippen molar-refractivity contribution in [3.8, 4) is 0 Å². The van der Waals surface area contributed by atoms with Gasteiger partial charge in [-0.15, -0.1) is 0 Å². The third-order valence-corrected chi connectivity index (χ3v) is 2.27. The molecule has 0 spiro atoms. The van der Waals surface area contributed by atoms with E-state index in [9.17, 15) is 5.11 Å². The van der Waals surface area contributed by atoms with Gasteiger partial charge in [0, 0.05) is 0 Å². The Hall–Kier alpha value is -0.300. The van der Waals surface area contributed by atoms with Gasteiger partial charge in [-0.05, 0) is 39.0 Å². The summed E-state index contributed by atoms with van der Waals surface area (Å²) in [6, 6.07) is 0. The Morgan fingerprint density at radius 1 is 1.40 bits per heavy atom. The minimum absolute atomic E-state index is 0.470. The van der Waals surface area contributed by atoms with Crippen LogP contribution in [0, 0.1) is 5.92 Å². The lowest BCUT2D eigenvalue weighted by Crippen LogP contribution is -2.31. The summed E-state index contributed by atoms with van der Waals surface area (Å²) in [6.45, 7) is 3.80. The van der Waals surface area contributed by atoms with Crippen LogP contribution in [-0.2, 0) is 0 Å². The lowest BCUT2D eigenvalue weighted by molar-refractivity contribution is 0.0132. The van der Waals surface area contributed by atoms with Crippen LogP contribution in [0.3, 0.4) is 0 Å². The summed E-state index contributed by atoms with van der Waals surface area (Å²) in [6.07, 6.45) is 7.69. The second kappa shape index (κ2) is 2.75. The van der Waals surface area contributed by atoms with Crippen LogP contribution in [0.1, 0.15) is 33.1 Å². The van der Waals surface area contributed by atoms with Gasteiger partial charge in [0.2, 0.25) is 0 Å². The molecule has 0 aliphatic heterocycles. The smallest absolute Gasteiger partial charge is 0.0622 e. The van der Waals surface area contributed by atoms with Crippen molar-refractivity contribution in [1.82, 2.24) is 0 Å². The summed E-state index contributed by atoms with van der Waals surface area (Å²) in [7, 11) is 0. The van der Waals surface area contributed by atoms with E-state index >= 15 is 0 Å². The van der Waals surface area contributed by atoms with Crippen LogP contribution < -0.4 is 0 Å². The molecular formula is C9H16O. The summed E-state index contributed by atoms with van der Waals surface area (Å²) in [5.74, 6) is 0.470. The summed E-state index contributed by atoms with van der Waals surface area (Å²) >= 11 is 0. The first-order valence-electron chi connectivity index (χ1n) is 3.98. The molecule has 1 nitrogen and oxygen atoms in total. The Bertz CT molecular complexity index is 130. The summed E-state index contributed by atoms with van der Waals surface area (Å²) in [5, 5.41) is 9.61. The van der Waals surface area contributed by atoms with E-state index in [0.717, 1.165) is 19.3 Å². The molecule has 1 N–H and O–H groups in total. The molecule has 0 aromatic rings. The van der Waals surface area contributed by atoms with Gasteiger partial charge < -0.3 is 5.11 Å². The maximum atomic E-state index is 9.61. The van der Waals surface area contributed by atoms with Gasteiger partial charge in [0.05, 0.1) is 5.60 Å². The van der Waals surface area contributed by atoms with Crippen molar-refractivity contribution in [2.24, 2.45) is 5.92 Å². The van der Waals surface area contributed by atoms with E-state index in [1.54, 1.807) is 0 Å². The first-order chi connectivity index (χ1) is 4.61. The molecule has 1 aliphatic carbocycles. The standard InChI is InChI=1S/C9H16O/c1-9(2,10)8-6-4-3-5-7-8/h3-4,8,10H,5-7H2,1-2H3. The molecule has 0 radical (unpaired) electrons. The Labute approximate surface area is 62.8 Å². The second-order valence-electron chi connectivity index (χ2n) is 3.64. The van der Waals surface area contributed by atoms with E-state index in [2.05, 4.69) is 12.2 Å². The molecule has 1 heteroatoms. The maximum Gasteiger partial charge on any atom is 0.0622 e. The van der Waals surface area contributed by atoms with Crippen LogP contribution in [0.4, 0.5) is 0 Å². The molecule has 0 heterocycles. The molecule has 0 bridgehead atoms. The predicted molar refractivity (Wildman–Crippen MR) is 42.8 cm³/mol. The molecule has 1 aliphatic rings. The van der Waals surface area contributed by atoms with Gasteiger partial charge in [0.25, 0.3) is 0 Å². The fourth-order valence-electron chi connectivity index (χ4n) is 1.44. The third kappa shape index (κ3) is 1.84. The average molecular weight is 140 g/mol. The SMILES string of the molecule is CC(C)(O)C1CC=CCC1. The lowest BCUT2D eigenvalue weighted by atomic mass is 9.82. The van der Waals surface area contributed by atoms with E-state index in [-0.39, 0.29) is 0 Å². The van der Waals surface area contributed by atoms with Crippen molar-refractivity contribution in [2.45, 2.75) is 38.7 Å². The molecule has 0 amide bonds. The zero-order chi connectivity index (χ0) is 7.61. The van der Waals surface area contributed by atoms with Crippen molar-refractivity contribution in [2.75, 3.05) is 0 Å². The summed E-state index contributed by atoms with van der Waals surface area (Å²) < 4.78 is 0. The zero-order valence-electron chi connectivity index (χ0n) is 6.80. The molecule has 1 atom stereocenters. The molecule has 0 aromatic carbocycles. The highest BCUT2D eigenvalue weighted by atomic mass is 16.3. The van der Waals surface area contributed by atoms with Crippen LogP contribution in [0.25, 0.3) is 0 Å². The third-order valence-electron chi connectivity index (χ3n) is 2.27. The quantitative estimate of drug-likeness (QED) is 0.553. The van der Waals surface area contributed by atoms with E-state index < -0.39 is 5.60 Å². The van der Waals surface area contributed by atoms with E-state index in [1.165, 1.54) is 0 Å². The van der Waals surface area contributed by atoms with Crippen molar-refractivity contribution >= 4 is 0 Å².